The van der Waals surface area contributed by atoms with E-state index in [1.54, 1.807) is 35.0 Å². The van der Waals surface area contributed by atoms with Crippen molar-refractivity contribution >= 4 is 17.3 Å². The first kappa shape index (κ1) is 21.2. The number of rotatable bonds is 3. The highest BCUT2D eigenvalue weighted by Crippen LogP contribution is 2.30. The van der Waals surface area contributed by atoms with E-state index in [0.29, 0.717) is 62.0 Å². The highest BCUT2D eigenvalue weighted by Gasteiger charge is 2.26. The molecule has 0 N–H and O–H groups in total. The molecule has 2 aromatic heterocycles. The van der Waals surface area contributed by atoms with Crippen LogP contribution in [0.4, 0.5) is 0 Å². The first-order valence-corrected chi connectivity index (χ1v) is 11.3. The lowest BCUT2D eigenvalue weighted by Crippen LogP contribution is -2.40. The molecular weight excluding hydrogens is 418 g/mol. The van der Waals surface area contributed by atoms with Crippen LogP contribution >= 0.6 is 0 Å². The summed E-state index contributed by atoms with van der Waals surface area (Å²) in [5, 5.41) is 13.3. The fourth-order valence-corrected chi connectivity index (χ4v) is 4.64. The summed E-state index contributed by atoms with van der Waals surface area (Å²) in [4.78, 5) is 29.5. The van der Waals surface area contributed by atoms with Gasteiger partial charge in [0.05, 0.1) is 42.1 Å². The second-order valence-corrected chi connectivity index (χ2v) is 8.51. The van der Waals surface area contributed by atoms with Gasteiger partial charge in [0.25, 0.3) is 11.8 Å². The summed E-state index contributed by atoms with van der Waals surface area (Å²) in [6.45, 7) is 3.68. The number of carbonyl (C=O) groups excluding carboxylic acids is 2. The molecule has 168 valence electrons. The average Bonchev–Trinajstić information content (AvgIpc) is 3.32. The number of piperidine rings is 1. The van der Waals surface area contributed by atoms with Crippen LogP contribution in [0, 0.1) is 11.3 Å². The SMILES string of the molecule is N#Cc1ccc(C(=O)N2CCC(c3ccn4ncc(C(=O)N5CCOCC5)c4c3)CC2)cc1. The Bertz CT molecular complexity index is 1210. The van der Waals surface area contributed by atoms with Gasteiger partial charge in [-0.15, -0.1) is 0 Å². The fraction of sp³-hybridized carbons (Fsp3) is 0.360. The highest BCUT2D eigenvalue weighted by molar-refractivity contribution is 6.00. The number of ether oxygens (including phenoxy) is 1. The highest BCUT2D eigenvalue weighted by atomic mass is 16.5. The summed E-state index contributed by atoms with van der Waals surface area (Å²) in [5.74, 6) is 0.317. The first-order chi connectivity index (χ1) is 16.1. The maximum atomic E-state index is 13.0. The minimum absolute atomic E-state index is 0.00239. The zero-order valence-electron chi connectivity index (χ0n) is 18.3. The van der Waals surface area contributed by atoms with Crippen LogP contribution in [0.3, 0.4) is 0 Å². The van der Waals surface area contributed by atoms with Crippen molar-refractivity contribution in [3.8, 4) is 6.07 Å². The molecule has 0 bridgehead atoms. The molecule has 3 aromatic rings. The Hall–Kier alpha value is -3.70. The number of benzene rings is 1. The summed E-state index contributed by atoms with van der Waals surface area (Å²) < 4.78 is 7.11. The molecule has 2 saturated heterocycles. The topological polar surface area (TPSA) is 90.9 Å². The molecule has 2 fully saturated rings. The number of amides is 2. The third-order valence-corrected chi connectivity index (χ3v) is 6.59. The molecule has 0 radical (unpaired) electrons. The van der Waals surface area contributed by atoms with Gasteiger partial charge in [-0.05, 0) is 60.7 Å². The van der Waals surface area contributed by atoms with Crippen LogP contribution in [0.1, 0.15) is 50.6 Å². The van der Waals surface area contributed by atoms with Crippen molar-refractivity contribution in [3.63, 3.8) is 0 Å². The van der Waals surface area contributed by atoms with E-state index in [1.807, 2.05) is 16.0 Å². The van der Waals surface area contributed by atoms with E-state index in [9.17, 15) is 9.59 Å². The summed E-state index contributed by atoms with van der Waals surface area (Å²) >= 11 is 0. The molecule has 8 heteroatoms. The predicted octanol–water partition coefficient (Wildman–Crippen LogP) is 2.70. The summed E-state index contributed by atoms with van der Waals surface area (Å²) in [6, 6.07) is 13.0. The zero-order valence-corrected chi connectivity index (χ0v) is 18.3. The quantitative estimate of drug-likeness (QED) is 0.621. The summed E-state index contributed by atoms with van der Waals surface area (Å²) in [5.41, 5.74) is 3.77. The molecule has 0 unspecified atom stereocenters. The number of carbonyl (C=O) groups is 2. The number of aromatic nitrogens is 2. The fourth-order valence-electron chi connectivity index (χ4n) is 4.64. The van der Waals surface area contributed by atoms with Gasteiger partial charge in [-0.1, -0.05) is 0 Å². The average molecular weight is 444 g/mol. The molecule has 2 aliphatic rings. The van der Waals surface area contributed by atoms with E-state index < -0.39 is 0 Å². The van der Waals surface area contributed by atoms with Gasteiger partial charge in [-0.2, -0.15) is 10.4 Å². The lowest BCUT2D eigenvalue weighted by molar-refractivity contribution is 0.0304. The van der Waals surface area contributed by atoms with Crippen LogP contribution in [-0.2, 0) is 4.74 Å². The molecule has 0 spiro atoms. The number of fused-ring (bicyclic) bond motifs is 1. The van der Waals surface area contributed by atoms with E-state index in [0.717, 1.165) is 18.4 Å². The molecule has 0 saturated carbocycles. The molecule has 33 heavy (non-hydrogen) atoms. The van der Waals surface area contributed by atoms with Gasteiger partial charge in [0.2, 0.25) is 0 Å². The van der Waals surface area contributed by atoms with E-state index >= 15 is 0 Å². The molecule has 4 heterocycles. The van der Waals surface area contributed by atoms with Gasteiger partial charge in [-0.25, -0.2) is 4.52 Å². The van der Waals surface area contributed by atoms with Crippen LogP contribution in [0.5, 0.6) is 0 Å². The van der Waals surface area contributed by atoms with Crippen molar-refractivity contribution in [2.75, 3.05) is 39.4 Å². The summed E-state index contributed by atoms with van der Waals surface area (Å²) in [6.07, 6.45) is 5.28. The maximum absolute atomic E-state index is 13.0. The molecule has 0 aliphatic carbocycles. The van der Waals surface area contributed by atoms with E-state index in [2.05, 4.69) is 23.3 Å². The molecule has 2 aliphatic heterocycles. The van der Waals surface area contributed by atoms with E-state index in [4.69, 9.17) is 10.00 Å². The Morgan fingerprint density at radius 3 is 2.36 bits per heavy atom. The number of morpholine rings is 1. The van der Waals surface area contributed by atoms with Gasteiger partial charge < -0.3 is 14.5 Å². The van der Waals surface area contributed by atoms with Crippen LogP contribution in [0.25, 0.3) is 5.52 Å². The van der Waals surface area contributed by atoms with E-state index in [-0.39, 0.29) is 11.8 Å². The Kier molecular flexibility index (Phi) is 5.80. The van der Waals surface area contributed by atoms with Crippen molar-refractivity contribution in [1.29, 1.82) is 5.26 Å². The molecule has 5 rings (SSSR count). The Balaban J connectivity index is 1.28. The van der Waals surface area contributed by atoms with Gasteiger partial charge in [0.1, 0.15) is 0 Å². The minimum Gasteiger partial charge on any atom is -0.378 e. The first-order valence-electron chi connectivity index (χ1n) is 11.3. The predicted molar refractivity (Wildman–Crippen MR) is 121 cm³/mol. The van der Waals surface area contributed by atoms with Crippen LogP contribution < -0.4 is 0 Å². The lowest BCUT2D eigenvalue weighted by Gasteiger charge is -2.32. The maximum Gasteiger partial charge on any atom is 0.257 e. The van der Waals surface area contributed by atoms with Crippen LogP contribution in [0.15, 0.2) is 48.8 Å². The number of nitrogens with zero attached hydrogens (tertiary/aromatic N) is 5. The molecule has 1 aromatic carbocycles. The number of hydrogen-bond acceptors (Lipinski definition) is 5. The number of pyridine rings is 1. The monoisotopic (exact) mass is 443 g/mol. The van der Waals surface area contributed by atoms with Crippen molar-refractivity contribution < 1.29 is 14.3 Å². The Morgan fingerprint density at radius 1 is 0.970 bits per heavy atom. The van der Waals surface area contributed by atoms with Gasteiger partial charge in [0.15, 0.2) is 0 Å². The Labute approximate surface area is 192 Å². The molecule has 2 amide bonds. The van der Waals surface area contributed by atoms with Crippen molar-refractivity contribution in [3.05, 3.63) is 71.0 Å². The van der Waals surface area contributed by atoms with E-state index in [1.165, 1.54) is 5.56 Å². The van der Waals surface area contributed by atoms with Gasteiger partial charge >= 0.3 is 0 Å². The van der Waals surface area contributed by atoms with Crippen LogP contribution in [-0.4, -0.2) is 70.6 Å². The number of nitriles is 1. The second-order valence-electron chi connectivity index (χ2n) is 8.51. The third kappa shape index (κ3) is 4.20. The number of likely N-dealkylation sites (tertiary alicyclic amines) is 1. The van der Waals surface area contributed by atoms with Crippen LogP contribution in [0.2, 0.25) is 0 Å². The molecule has 8 nitrogen and oxygen atoms in total. The van der Waals surface area contributed by atoms with Crippen molar-refractivity contribution in [2.24, 2.45) is 0 Å². The minimum atomic E-state index is -0.00622. The Morgan fingerprint density at radius 2 is 1.67 bits per heavy atom. The molecule has 0 atom stereocenters. The molecular formula is C25H25N5O3. The lowest BCUT2D eigenvalue weighted by atomic mass is 9.89. The summed E-state index contributed by atoms with van der Waals surface area (Å²) in [7, 11) is 0. The van der Waals surface area contributed by atoms with Gasteiger partial charge in [-0.3, -0.25) is 9.59 Å². The van der Waals surface area contributed by atoms with Gasteiger partial charge in [0, 0.05) is 37.9 Å². The van der Waals surface area contributed by atoms with Crippen molar-refractivity contribution in [2.45, 2.75) is 18.8 Å². The standard InChI is InChI=1S/C25H25N5O3/c26-16-18-1-3-20(4-2-18)24(31)28-8-5-19(6-9-28)21-7-10-30-23(15-21)22(17-27-30)25(32)29-11-13-33-14-12-29/h1-4,7,10,15,17,19H,5-6,8-9,11-14H2. The largest absolute Gasteiger partial charge is 0.378 e. The zero-order chi connectivity index (χ0) is 22.8. The third-order valence-electron chi connectivity index (χ3n) is 6.59. The number of hydrogen-bond donors (Lipinski definition) is 0. The van der Waals surface area contributed by atoms with Crippen molar-refractivity contribution in [1.82, 2.24) is 19.4 Å². The normalized spacial score (nSPS) is 17.2. The second kappa shape index (κ2) is 9.04. The smallest absolute Gasteiger partial charge is 0.257 e.